The Morgan fingerprint density at radius 2 is 2.35 bits per heavy atom. The number of carbonyl (C=O) groups excluding carboxylic acids is 2. The number of nitrogens with one attached hydrogen (secondary N) is 2. The summed E-state index contributed by atoms with van der Waals surface area (Å²) in [6.07, 6.45) is 0. The molecule has 1 aliphatic rings. The molecule has 2 N–H and O–H groups in total. The van der Waals surface area contributed by atoms with Crippen LogP contribution >= 0.6 is 11.6 Å². The minimum Gasteiger partial charge on any atom is -0.375 e. The zero-order chi connectivity index (χ0) is 14.5. The van der Waals surface area contributed by atoms with E-state index in [1.165, 1.54) is 7.11 Å². The first-order chi connectivity index (χ1) is 9.60. The summed E-state index contributed by atoms with van der Waals surface area (Å²) in [5, 5.41) is 5.93. The number of amides is 2. The molecule has 108 valence electrons. The lowest BCUT2D eigenvalue weighted by atomic mass is 10.2. The van der Waals surface area contributed by atoms with Gasteiger partial charge >= 0.3 is 0 Å². The Bertz CT molecular complexity index is 522. The van der Waals surface area contributed by atoms with Gasteiger partial charge in [0.2, 0.25) is 11.8 Å². The van der Waals surface area contributed by atoms with E-state index < -0.39 is 0 Å². The van der Waals surface area contributed by atoms with E-state index in [2.05, 4.69) is 10.6 Å². The van der Waals surface area contributed by atoms with E-state index in [1.54, 1.807) is 18.2 Å². The first kappa shape index (κ1) is 14.6. The Morgan fingerprint density at radius 1 is 1.55 bits per heavy atom. The molecule has 0 aliphatic carbocycles. The molecule has 0 spiro atoms. The SMILES string of the molecule is COCC(=O)Nc1ccc(N2CCNC(=O)C2)c(Cl)c1. The molecule has 1 aliphatic heterocycles. The molecule has 1 fully saturated rings. The van der Waals surface area contributed by atoms with E-state index in [4.69, 9.17) is 16.3 Å². The van der Waals surface area contributed by atoms with Gasteiger partial charge in [-0.25, -0.2) is 0 Å². The largest absolute Gasteiger partial charge is 0.375 e. The first-order valence-electron chi connectivity index (χ1n) is 6.20. The third kappa shape index (κ3) is 3.61. The van der Waals surface area contributed by atoms with Crippen LogP contribution in [0.15, 0.2) is 18.2 Å². The Morgan fingerprint density at radius 3 is 3.00 bits per heavy atom. The molecule has 2 amide bonds. The van der Waals surface area contributed by atoms with Crippen molar-refractivity contribution in [3.8, 4) is 0 Å². The fraction of sp³-hybridized carbons (Fsp3) is 0.385. The number of methoxy groups -OCH3 is 1. The average Bonchev–Trinajstić information content (AvgIpc) is 2.39. The summed E-state index contributed by atoms with van der Waals surface area (Å²) in [6.45, 7) is 1.59. The van der Waals surface area contributed by atoms with E-state index in [0.29, 0.717) is 23.8 Å². The lowest BCUT2D eigenvalue weighted by Gasteiger charge is -2.29. The highest BCUT2D eigenvalue weighted by Gasteiger charge is 2.18. The minimum atomic E-state index is -0.242. The maximum absolute atomic E-state index is 11.4. The highest BCUT2D eigenvalue weighted by molar-refractivity contribution is 6.33. The minimum absolute atomic E-state index is 0.00827. The number of halogens is 1. The van der Waals surface area contributed by atoms with E-state index >= 15 is 0 Å². The summed E-state index contributed by atoms with van der Waals surface area (Å²) in [4.78, 5) is 24.7. The van der Waals surface area contributed by atoms with Crippen LogP contribution in [0.4, 0.5) is 11.4 Å². The van der Waals surface area contributed by atoms with Crippen molar-refractivity contribution in [2.24, 2.45) is 0 Å². The molecule has 1 aromatic carbocycles. The predicted molar refractivity (Wildman–Crippen MR) is 77.2 cm³/mol. The van der Waals surface area contributed by atoms with E-state index in [0.717, 1.165) is 5.69 Å². The van der Waals surface area contributed by atoms with Gasteiger partial charge in [-0.3, -0.25) is 9.59 Å². The molecule has 1 saturated heterocycles. The maximum atomic E-state index is 11.4. The van der Waals surface area contributed by atoms with Crippen molar-refractivity contribution >= 4 is 34.8 Å². The van der Waals surface area contributed by atoms with Crippen LogP contribution in [-0.4, -0.2) is 45.2 Å². The molecule has 1 aromatic rings. The number of rotatable bonds is 4. The van der Waals surface area contributed by atoms with Gasteiger partial charge in [0.05, 0.1) is 17.3 Å². The number of hydrogen-bond acceptors (Lipinski definition) is 4. The second kappa shape index (κ2) is 6.58. The smallest absolute Gasteiger partial charge is 0.250 e. The Balaban J connectivity index is 2.09. The number of hydrogen-bond donors (Lipinski definition) is 2. The van der Waals surface area contributed by atoms with E-state index in [-0.39, 0.29) is 25.0 Å². The second-order valence-electron chi connectivity index (χ2n) is 4.42. The van der Waals surface area contributed by atoms with Gasteiger partial charge in [-0.15, -0.1) is 0 Å². The zero-order valence-corrected chi connectivity index (χ0v) is 11.9. The van der Waals surface area contributed by atoms with E-state index in [9.17, 15) is 9.59 Å². The third-order valence-electron chi connectivity index (χ3n) is 2.89. The molecule has 1 heterocycles. The molecular formula is C13H16ClN3O3. The summed E-state index contributed by atoms with van der Waals surface area (Å²) in [7, 11) is 1.46. The summed E-state index contributed by atoms with van der Waals surface area (Å²) in [5.74, 6) is -0.265. The Kier molecular flexibility index (Phi) is 4.81. The van der Waals surface area contributed by atoms with Crippen LogP contribution in [-0.2, 0) is 14.3 Å². The van der Waals surface area contributed by atoms with Crippen molar-refractivity contribution in [2.75, 3.05) is 43.6 Å². The molecule has 0 unspecified atom stereocenters. The van der Waals surface area contributed by atoms with Crippen LogP contribution in [0.25, 0.3) is 0 Å². The summed E-state index contributed by atoms with van der Waals surface area (Å²) in [6, 6.07) is 5.21. The molecule has 20 heavy (non-hydrogen) atoms. The van der Waals surface area contributed by atoms with Gasteiger partial charge in [-0.2, -0.15) is 0 Å². The fourth-order valence-electron chi connectivity index (χ4n) is 2.01. The monoisotopic (exact) mass is 297 g/mol. The molecule has 2 rings (SSSR count). The number of carbonyl (C=O) groups is 2. The fourth-order valence-corrected chi connectivity index (χ4v) is 2.31. The molecule has 0 bridgehead atoms. The predicted octanol–water partition coefficient (Wildman–Crippen LogP) is 0.861. The van der Waals surface area contributed by atoms with E-state index in [1.807, 2.05) is 4.90 Å². The molecule has 0 aromatic heterocycles. The van der Waals surface area contributed by atoms with Gasteiger partial charge in [-0.05, 0) is 18.2 Å². The van der Waals surface area contributed by atoms with Crippen LogP contribution < -0.4 is 15.5 Å². The number of benzene rings is 1. The molecule has 7 heteroatoms. The van der Waals surface area contributed by atoms with Crippen LogP contribution in [0.5, 0.6) is 0 Å². The zero-order valence-electron chi connectivity index (χ0n) is 11.1. The summed E-state index contributed by atoms with van der Waals surface area (Å²) in [5.41, 5.74) is 1.38. The van der Waals surface area contributed by atoms with Crippen molar-refractivity contribution in [1.29, 1.82) is 0 Å². The molecule has 0 saturated carbocycles. The number of piperazine rings is 1. The highest BCUT2D eigenvalue weighted by atomic mass is 35.5. The quantitative estimate of drug-likeness (QED) is 0.865. The first-order valence-corrected chi connectivity index (χ1v) is 6.58. The third-order valence-corrected chi connectivity index (χ3v) is 3.19. The number of nitrogens with zero attached hydrogens (tertiary/aromatic N) is 1. The Labute approximate surface area is 122 Å². The lowest BCUT2D eigenvalue weighted by Crippen LogP contribution is -2.47. The number of anilines is 2. The van der Waals surface area contributed by atoms with Gasteiger partial charge in [0.1, 0.15) is 6.61 Å². The second-order valence-corrected chi connectivity index (χ2v) is 4.83. The molecular weight excluding hydrogens is 282 g/mol. The molecule has 0 radical (unpaired) electrons. The van der Waals surface area contributed by atoms with Crippen LogP contribution in [0.2, 0.25) is 5.02 Å². The summed E-state index contributed by atoms with van der Waals surface area (Å²) < 4.78 is 4.74. The maximum Gasteiger partial charge on any atom is 0.250 e. The summed E-state index contributed by atoms with van der Waals surface area (Å²) >= 11 is 6.22. The topological polar surface area (TPSA) is 70.7 Å². The van der Waals surface area contributed by atoms with Gasteiger partial charge in [-0.1, -0.05) is 11.6 Å². The molecule has 6 nitrogen and oxygen atoms in total. The standard InChI is InChI=1S/C13H16ClN3O3/c1-20-8-13(19)16-9-2-3-11(10(14)6-9)17-5-4-15-12(18)7-17/h2-3,6H,4-5,7-8H2,1H3,(H,15,18)(H,16,19). The van der Waals surface area contributed by atoms with Gasteiger partial charge in [0.15, 0.2) is 0 Å². The van der Waals surface area contributed by atoms with Gasteiger partial charge in [0.25, 0.3) is 0 Å². The highest BCUT2D eigenvalue weighted by Crippen LogP contribution is 2.29. The Hall–Kier alpha value is -1.79. The van der Waals surface area contributed by atoms with Crippen LogP contribution in [0, 0.1) is 0 Å². The van der Waals surface area contributed by atoms with Crippen molar-refractivity contribution in [3.05, 3.63) is 23.2 Å². The van der Waals surface area contributed by atoms with Crippen molar-refractivity contribution in [2.45, 2.75) is 0 Å². The van der Waals surface area contributed by atoms with Crippen molar-refractivity contribution < 1.29 is 14.3 Å². The van der Waals surface area contributed by atoms with Crippen molar-refractivity contribution in [3.63, 3.8) is 0 Å². The van der Waals surface area contributed by atoms with Crippen molar-refractivity contribution in [1.82, 2.24) is 5.32 Å². The van der Waals surface area contributed by atoms with Crippen LogP contribution in [0.1, 0.15) is 0 Å². The molecule has 0 atom stereocenters. The lowest BCUT2D eigenvalue weighted by molar-refractivity contribution is -0.120. The van der Waals surface area contributed by atoms with Gasteiger partial charge < -0.3 is 20.3 Å². The normalized spacial score (nSPS) is 14.9. The average molecular weight is 298 g/mol. The number of ether oxygens (including phenoxy) is 1. The van der Waals surface area contributed by atoms with Crippen LogP contribution in [0.3, 0.4) is 0 Å². The van der Waals surface area contributed by atoms with Gasteiger partial charge in [0, 0.05) is 25.9 Å².